The van der Waals surface area contributed by atoms with Crippen molar-refractivity contribution in [1.29, 1.82) is 0 Å². The summed E-state index contributed by atoms with van der Waals surface area (Å²) in [6.07, 6.45) is 9.88. The van der Waals surface area contributed by atoms with Crippen molar-refractivity contribution in [3.05, 3.63) is 60.1 Å². The zero-order chi connectivity index (χ0) is 21.8. The van der Waals surface area contributed by atoms with Crippen LogP contribution in [0, 0.1) is 0 Å². The summed E-state index contributed by atoms with van der Waals surface area (Å²) in [5.74, 6) is 1.93. The smallest absolute Gasteiger partial charge is 0.191 e. The number of guanidine groups is 1. The van der Waals surface area contributed by atoms with Gasteiger partial charge in [-0.05, 0) is 56.2 Å². The van der Waals surface area contributed by atoms with Crippen LogP contribution in [0.2, 0.25) is 0 Å². The molecule has 2 saturated heterocycles. The van der Waals surface area contributed by atoms with Crippen LogP contribution in [0.1, 0.15) is 49.8 Å². The molecule has 1 unspecified atom stereocenters. The van der Waals surface area contributed by atoms with Gasteiger partial charge in [0.2, 0.25) is 0 Å². The molecule has 1 atom stereocenters. The number of nitrogens with zero attached hydrogens (tertiary/aromatic N) is 2. The molecular formula is C26H39IN4O2. The minimum Gasteiger partial charge on any atom is -0.469 e. The largest absolute Gasteiger partial charge is 0.469 e. The Morgan fingerprint density at radius 3 is 2.61 bits per heavy atom. The Kier molecular flexibility index (Phi) is 11.5. The number of aliphatic imine (C=N–C) groups is 1. The van der Waals surface area contributed by atoms with Crippen LogP contribution in [0.4, 0.5) is 0 Å². The molecule has 3 heterocycles. The molecule has 0 spiro atoms. The van der Waals surface area contributed by atoms with E-state index < -0.39 is 0 Å². The van der Waals surface area contributed by atoms with Gasteiger partial charge in [0.25, 0.3) is 0 Å². The van der Waals surface area contributed by atoms with Gasteiger partial charge in [0.1, 0.15) is 5.76 Å². The maximum absolute atomic E-state index is 5.87. The van der Waals surface area contributed by atoms with Crippen LogP contribution in [0.5, 0.6) is 0 Å². The number of nitrogens with one attached hydrogen (secondary N) is 2. The van der Waals surface area contributed by atoms with E-state index in [-0.39, 0.29) is 24.0 Å². The number of likely N-dealkylation sites (tertiary alicyclic amines) is 1. The number of ether oxygens (including phenoxy) is 1. The normalized spacial score (nSPS) is 20.2. The highest BCUT2D eigenvalue weighted by Gasteiger charge is 2.20. The van der Waals surface area contributed by atoms with E-state index in [9.17, 15) is 0 Å². The Labute approximate surface area is 215 Å². The second-order valence-corrected chi connectivity index (χ2v) is 8.94. The monoisotopic (exact) mass is 566 g/mol. The van der Waals surface area contributed by atoms with E-state index in [1.165, 1.54) is 24.8 Å². The topological polar surface area (TPSA) is 62.0 Å². The summed E-state index contributed by atoms with van der Waals surface area (Å²) in [7, 11) is 0. The standard InChI is InChI=1S/C26H38N4O2.HI/c1-2-7-22(8-3-1)21-30-17-13-23(14-18-30)29-26(28-16-12-25-10-6-20-32-25)27-15-11-24-9-4-5-19-31-24;/h1-3,6-8,10,20,23-24H,4-5,9,11-19,21H2,(H2,27,28,29);1H. The molecule has 182 valence electrons. The van der Waals surface area contributed by atoms with E-state index in [2.05, 4.69) is 45.9 Å². The fourth-order valence-electron chi connectivity index (χ4n) is 4.54. The molecule has 1 aromatic heterocycles. The molecule has 6 nitrogen and oxygen atoms in total. The van der Waals surface area contributed by atoms with E-state index in [0.717, 1.165) is 76.7 Å². The van der Waals surface area contributed by atoms with Gasteiger partial charge >= 0.3 is 0 Å². The molecule has 0 radical (unpaired) electrons. The molecule has 2 N–H and O–H groups in total. The van der Waals surface area contributed by atoms with Crippen LogP contribution >= 0.6 is 24.0 Å². The summed E-state index contributed by atoms with van der Waals surface area (Å²) in [6.45, 7) is 5.78. The Morgan fingerprint density at radius 1 is 1.03 bits per heavy atom. The molecule has 1 aromatic carbocycles. The van der Waals surface area contributed by atoms with Crippen molar-refractivity contribution in [2.45, 2.75) is 63.6 Å². The van der Waals surface area contributed by atoms with Gasteiger partial charge in [0.05, 0.1) is 12.4 Å². The molecule has 2 fully saturated rings. The molecule has 7 heteroatoms. The lowest BCUT2D eigenvalue weighted by molar-refractivity contribution is 0.0129. The quantitative estimate of drug-likeness (QED) is 0.264. The SMILES string of the molecule is I.c1ccc(CN2CCC(NC(=NCCC3CCCCO3)NCCc3ccco3)CC2)cc1. The summed E-state index contributed by atoms with van der Waals surface area (Å²) in [4.78, 5) is 7.44. The van der Waals surface area contributed by atoms with Gasteiger partial charge in [-0.3, -0.25) is 9.89 Å². The fourth-order valence-corrected chi connectivity index (χ4v) is 4.54. The first kappa shape index (κ1) is 26.0. The third-order valence-electron chi connectivity index (χ3n) is 6.42. The van der Waals surface area contributed by atoms with Crippen molar-refractivity contribution >= 4 is 29.9 Å². The van der Waals surface area contributed by atoms with Gasteiger partial charge in [-0.25, -0.2) is 0 Å². The van der Waals surface area contributed by atoms with E-state index >= 15 is 0 Å². The molecule has 0 bridgehead atoms. The highest BCUT2D eigenvalue weighted by molar-refractivity contribution is 14.0. The van der Waals surface area contributed by atoms with Gasteiger partial charge in [-0.1, -0.05) is 30.3 Å². The highest BCUT2D eigenvalue weighted by atomic mass is 127. The first-order chi connectivity index (χ1) is 15.8. The van der Waals surface area contributed by atoms with E-state index in [0.29, 0.717) is 12.1 Å². The van der Waals surface area contributed by atoms with Crippen LogP contribution < -0.4 is 10.6 Å². The molecular weight excluding hydrogens is 527 g/mol. The molecule has 33 heavy (non-hydrogen) atoms. The number of benzene rings is 1. The third-order valence-corrected chi connectivity index (χ3v) is 6.42. The zero-order valence-corrected chi connectivity index (χ0v) is 21.9. The van der Waals surface area contributed by atoms with Gasteiger partial charge in [0, 0.05) is 51.8 Å². The molecule has 2 aromatic rings. The fraction of sp³-hybridized carbons (Fsp3) is 0.577. The minimum atomic E-state index is 0. The van der Waals surface area contributed by atoms with Crippen LogP contribution in [0.3, 0.4) is 0 Å². The van der Waals surface area contributed by atoms with E-state index in [1.54, 1.807) is 6.26 Å². The predicted molar refractivity (Wildman–Crippen MR) is 144 cm³/mol. The zero-order valence-electron chi connectivity index (χ0n) is 19.6. The minimum absolute atomic E-state index is 0. The number of furan rings is 1. The Balaban J connectivity index is 0.00000306. The summed E-state index contributed by atoms with van der Waals surface area (Å²) in [5, 5.41) is 7.22. The van der Waals surface area contributed by atoms with Gasteiger partial charge in [0.15, 0.2) is 5.96 Å². The van der Waals surface area contributed by atoms with E-state index in [4.69, 9.17) is 14.1 Å². The first-order valence-electron chi connectivity index (χ1n) is 12.3. The lowest BCUT2D eigenvalue weighted by Crippen LogP contribution is -2.49. The van der Waals surface area contributed by atoms with Gasteiger partial charge in [-0.2, -0.15) is 0 Å². The molecule has 0 amide bonds. The Hall–Kier alpha value is -1.58. The van der Waals surface area contributed by atoms with Crippen LogP contribution in [0.15, 0.2) is 58.1 Å². The van der Waals surface area contributed by atoms with Crippen LogP contribution in [-0.4, -0.2) is 55.8 Å². The molecule has 0 saturated carbocycles. The Morgan fingerprint density at radius 2 is 1.88 bits per heavy atom. The molecule has 2 aliphatic rings. The van der Waals surface area contributed by atoms with Crippen LogP contribution in [-0.2, 0) is 17.7 Å². The van der Waals surface area contributed by atoms with Crippen molar-refractivity contribution < 1.29 is 9.15 Å². The number of rotatable bonds is 9. The van der Waals surface area contributed by atoms with Crippen molar-refractivity contribution in [2.75, 3.05) is 32.8 Å². The molecule has 0 aliphatic carbocycles. The third kappa shape index (κ3) is 9.29. The van der Waals surface area contributed by atoms with Crippen molar-refractivity contribution in [3.8, 4) is 0 Å². The first-order valence-corrected chi connectivity index (χ1v) is 12.3. The lowest BCUT2D eigenvalue weighted by Gasteiger charge is -2.33. The molecule has 2 aliphatic heterocycles. The average molecular weight is 567 g/mol. The second-order valence-electron chi connectivity index (χ2n) is 8.94. The summed E-state index contributed by atoms with van der Waals surface area (Å²) < 4.78 is 11.3. The van der Waals surface area contributed by atoms with Crippen molar-refractivity contribution in [1.82, 2.24) is 15.5 Å². The number of piperidine rings is 1. The maximum atomic E-state index is 5.87. The highest BCUT2D eigenvalue weighted by Crippen LogP contribution is 2.16. The van der Waals surface area contributed by atoms with Crippen LogP contribution in [0.25, 0.3) is 0 Å². The molecule has 4 rings (SSSR count). The van der Waals surface area contributed by atoms with E-state index in [1.807, 2.05) is 12.1 Å². The lowest BCUT2D eigenvalue weighted by atomic mass is 10.0. The maximum Gasteiger partial charge on any atom is 0.191 e. The van der Waals surface area contributed by atoms with Crippen molar-refractivity contribution in [3.63, 3.8) is 0 Å². The predicted octanol–water partition coefficient (Wildman–Crippen LogP) is 4.60. The second kappa shape index (κ2) is 14.6. The number of hydrogen-bond acceptors (Lipinski definition) is 4. The van der Waals surface area contributed by atoms with Gasteiger partial charge in [-0.15, -0.1) is 24.0 Å². The summed E-state index contributed by atoms with van der Waals surface area (Å²) in [5.41, 5.74) is 1.39. The summed E-state index contributed by atoms with van der Waals surface area (Å²) in [6, 6.07) is 15.2. The van der Waals surface area contributed by atoms with Crippen molar-refractivity contribution in [2.24, 2.45) is 4.99 Å². The Bertz CT molecular complexity index is 786. The average Bonchev–Trinajstić information content (AvgIpc) is 3.35. The number of halogens is 1. The summed E-state index contributed by atoms with van der Waals surface area (Å²) >= 11 is 0. The number of hydrogen-bond donors (Lipinski definition) is 2. The van der Waals surface area contributed by atoms with Gasteiger partial charge < -0.3 is 19.8 Å².